The van der Waals surface area contributed by atoms with Gasteiger partial charge in [0.25, 0.3) is 0 Å². The van der Waals surface area contributed by atoms with Crippen LogP contribution in [0.15, 0.2) is 49.1 Å². The Hall–Kier alpha value is -3.65. The average molecular weight is 544 g/mol. The summed E-state index contributed by atoms with van der Waals surface area (Å²) in [6.45, 7) is -0.663. The smallest absolute Gasteiger partial charge is 0.453 e. The number of carbonyl (C=O) groups excluding carboxylic acids is 1. The molecule has 0 saturated carbocycles. The van der Waals surface area contributed by atoms with E-state index in [0.29, 0.717) is 0 Å². The number of anilines is 2. The first-order chi connectivity index (χ1) is 18.0. The van der Waals surface area contributed by atoms with Gasteiger partial charge < -0.3 is 35.0 Å². The minimum absolute atomic E-state index is 0.110. The van der Waals surface area contributed by atoms with E-state index in [-0.39, 0.29) is 22.5 Å². The molecule has 5 N–H and O–H groups in total. The predicted octanol–water partition coefficient (Wildman–Crippen LogP) is 1.22. The highest BCUT2D eigenvalue weighted by Crippen LogP contribution is 2.40. The topological polar surface area (TPSA) is 195 Å². The van der Waals surface area contributed by atoms with Gasteiger partial charge >= 0.3 is 13.8 Å². The molecule has 3 heterocycles. The molecule has 1 aliphatic rings. The Morgan fingerprint density at radius 1 is 1.21 bits per heavy atom. The zero-order valence-electron chi connectivity index (χ0n) is 20.3. The number of benzene rings is 2. The van der Waals surface area contributed by atoms with Crippen molar-refractivity contribution < 1.29 is 38.3 Å². The molecule has 38 heavy (non-hydrogen) atoms. The number of hydrogen-bond donors (Lipinski definition) is 4. The Bertz CT molecular complexity index is 1560. The monoisotopic (exact) mass is 544 g/mol. The molecule has 0 amide bonds. The number of aliphatic hydroxyl groups is 1. The predicted molar refractivity (Wildman–Crippen MR) is 135 cm³/mol. The molecule has 200 valence electrons. The summed E-state index contributed by atoms with van der Waals surface area (Å²) in [5, 5.41) is 12.9. The zero-order chi connectivity index (χ0) is 27.2. The summed E-state index contributed by atoms with van der Waals surface area (Å²) in [6.07, 6.45) is -2.70. The van der Waals surface area contributed by atoms with Gasteiger partial charge in [-0.15, -0.1) is 0 Å². The minimum Gasteiger partial charge on any atom is -0.453 e. The lowest BCUT2D eigenvalue weighted by Crippen LogP contribution is -2.38. The maximum absolute atomic E-state index is 13.2. The quantitative estimate of drug-likeness (QED) is 0.192. The van der Waals surface area contributed by atoms with Gasteiger partial charge in [-0.3, -0.25) is 9.09 Å². The number of nitrogen functional groups attached to an aromatic ring is 1. The number of esters is 1. The van der Waals surface area contributed by atoms with Gasteiger partial charge in [0, 0.05) is 25.2 Å². The van der Waals surface area contributed by atoms with E-state index in [1.165, 1.54) is 17.2 Å². The normalized spacial score (nSPS) is 21.7. The van der Waals surface area contributed by atoms with E-state index >= 15 is 0 Å². The van der Waals surface area contributed by atoms with E-state index in [1.54, 1.807) is 18.2 Å². The van der Waals surface area contributed by atoms with Crippen molar-refractivity contribution in [3.05, 3.63) is 54.6 Å². The van der Waals surface area contributed by atoms with Crippen LogP contribution in [0.25, 0.3) is 21.9 Å². The third kappa shape index (κ3) is 4.92. The summed E-state index contributed by atoms with van der Waals surface area (Å²) in [5.41, 5.74) is 7.53. The van der Waals surface area contributed by atoms with Crippen LogP contribution < -0.4 is 10.6 Å². The number of hydrogen-bond acceptors (Lipinski definition) is 11. The second-order valence-corrected chi connectivity index (χ2v) is 10.1. The van der Waals surface area contributed by atoms with Crippen molar-refractivity contribution in [2.24, 2.45) is 0 Å². The summed E-state index contributed by atoms with van der Waals surface area (Å²) in [5.74, 6) is -0.655. The summed E-state index contributed by atoms with van der Waals surface area (Å²) in [4.78, 5) is 45.6. The molecule has 1 fully saturated rings. The van der Waals surface area contributed by atoms with Crippen molar-refractivity contribution >= 4 is 47.2 Å². The highest BCUT2D eigenvalue weighted by molar-refractivity contribution is 7.46. The SMILES string of the molecule is CN(C)c1cccc2cc(C(=O)O[C@H]3[C@@H](O)[C@H](n4cnc5c(N)ncnc54)O[C@@H]3COP(=O)(O)O)ccc12. The molecule has 2 aromatic carbocycles. The Morgan fingerprint density at radius 3 is 2.74 bits per heavy atom. The summed E-state index contributed by atoms with van der Waals surface area (Å²) < 4.78 is 28.8. The van der Waals surface area contributed by atoms with Crippen molar-refractivity contribution in [3.63, 3.8) is 0 Å². The molecule has 4 atom stereocenters. The van der Waals surface area contributed by atoms with Crippen LogP contribution in [-0.2, 0) is 18.6 Å². The highest BCUT2D eigenvalue weighted by atomic mass is 31.2. The van der Waals surface area contributed by atoms with E-state index in [2.05, 4.69) is 19.5 Å². The number of phosphoric ester groups is 1. The molecule has 0 bridgehead atoms. The molecule has 0 aliphatic carbocycles. The molecular weight excluding hydrogens is 519 g/mol. The van der Waals surface area contributed by atoms with Crippen molar-refractivity contribution in [1.82, 2.24) is 19.5 Å². The Balaban J connectivity index is 1.44. The third-order valence-electron chi connectivity index (χ3n) is 6.20. The number of carbonyl (C=O) groups is 1. The molecular formula is C23H25N6O8P. The first kappa shape index (κ1) is 26.0. The van der Waals surface area contributed by atoms with Gasteiger partial charge in [0.2, 0.25) is 0 Å². The van der Waals surface area contributed by atoms with Gasteiger partial charge in [-0.05, 0) is 23.6 Å². The van der Waals surface area contributed by atoms with Crippen molar-refractivity contribution in [2.45, 2.75) is 24.5 Å². The molecule has 2 aromatic heterocycles. The third-order valence-corrected chi connectivity index (χ3v) is 6.68. The van der Waals surface area contributed by atoms with Crippen LogP contribution in [0, 0.1) is 0 Å². The van der Waals surface area contributed by atoms with Crippen LogP contribution in [-0.4, -0.2) is 79.4 Å². The number of ether oxygens (including phenoxy) is 2. The van der Waals surface area contributed by atoms with Crippen LogP contribution in [0.2, 0.25) is 0 Å². The molecule has 1 saturated heterocycles. The van der Waals surface area contributed by atoms with Gasteiger partial charge in [0.05, 0.1) is 18.5 Å². The number of aromatic nitrogens is 4. The number of aliphatic hydroxyl groups excluding tert-OH is 1. The summed E-state index contributed by atoms with van der Waals surface area (Å²) in [6, 6.07) is 10.7. The molecule has 0 radical (unpaired) electrons. The van der Waals surface area contributed by atoms with E-state index < -0.39 is 44.9 Å². The number of imidazole rings is 1. The number of phosphoric acid groups is 1. The summed E-state index contributed by atoms with van der Waals surface area (Å²) in [7, 11) is -1.05. The lowest BCUT2D eigenvalue weighted by molar-refractivity contribution is -0.0521. The molecule has 14 nitrogen and oxygen atoms in total. The van der Waals surface area contributed by atoms with E-state index in [1.807, 2.05) is 37.2 Å². The number of nitrogens with two attached hydrogens (primary N) is 1. The standard InChI is InChI=1S/C23H25N6O8P/c1-28(2)15-5-3-4-12-8-13(6-7-14(12)15)23(31)37-19-16(9-35-38(32,33)34)36-22(18(19)30)29-11-27-17-20(24)25-10-26-21(17)29/h3-8,10-11,16,18-19,22,30H,9H2,1-2H3,(H2,24,25,26)(H2,32,33,34)/t16-,18-,19-,22-/m1/s1. The molecule has 0 spiro atoms. The number of rotatable bonds is 7. The van der Waals surface area contributed by atoms with Crippen molar-refractivity contribution in [3.8, 4) is 0 Å². The van der Waals surface area contributed by atoms with Gasteiger partial charge in [-0.2, -0.15) is 0 Å². The van der Waals surface area contributed by atoms with E-state index in [0.717, 1.165) is 16.5 Å². The fourth-order valence-electron chi connectivity index (χ4n) is 4.43. The Kier molecular flexibility index (Phi) is 6.77. The van der Waals surface area contributed by atoms with E-state index in [4.69, 9.17) is 15.2 Å². The molecule has 0 unspecified atom stereocenters. The maximum atomic E-state index is 13.2. The van der Waals surface area contributed by atoms with E-state index in [9.17, 15) is 24.3 Å². The van der Waals surface area contributed by atoms with Crippen LogP contribution in [0.1, 0.15) is 16.6 Å². The van der Waals surface area contributed by atoms with Crippen LogP contribution >= 0.6 is 7.82 Å². The fourth-order valence-corrected chi connectivity index (χ4v) is 4.77. The molecule has 5 rings (SSSR count). The Labute approximate surface area is 215 Å². The lowest BCUT2D eigenvalue weighted by Gasteiger charge is -2.21. The number of nitrogens with zero attached hydrogens (tertiary/aromatic N) is 5. The second kappa shape index (κ2) is 9.91. The fraction of sp³-hybridized carbons (Fsp3) is 0.304. The zero-order valence-corrected chi connectivity index (χ0v) is 21.2. The Morgan fingerprint density at radius 2 is 2.00 bits per heavy atom. The minimum atomic E-state index is -4.88. The highest BCUT2D eigenvalue weighted by Gasteiger charge is 2.48. The van der Waals surface area contributed by atoms with Crippen molar-refractivity contribution in [1.29, 1.82) is 0 Å². The van der Waals surface area contributed by atoms with Gasteiger partial charge in [-0.1, -0.05) is 18.2 Å². The van der Waals surface area contributed by atoms with Crippen LogP contribution in [0.3, 0.4) is 0 Å². The average Bonchev–Trinajstić information content (AvgIpc) is 3.43. The van der Waals surface area contributed by atoms with Crippen LogP contribution in [0.4, 0.5) is 11.5 Å². The molecule has 4 aromatic rings. The van der Waals surface area contributed by atoms with Crippen molar-refractivity contribution in [2.75, 3.05) is 31.3 Å². The molecule has 1 aliphatic heterocycles. The summed E-state index contributed by atoms with van der Waals surface area (Å²) >= 11 is 0. The van der Waals surface area contributed by atoms with Crippen LogP contribution in [0.5, 0.6) is 0 Å². The van der Waals surface area contributed by atoms with Gasteiger partial charge in [-0.25, -0.2) is 24.3 Å². The lowest BCUT2D eigenvalue weighted by atomic mass is 10.0. The molecule has 15 heteroatoms. The maximum Gasteiger partial charge on any atom is 0.469 e. The second-order valence-electron chi connectivity index (χ2n) is 8.90. The largest absolute Gasteiger partial charge is 0.469 e. The van der Waals surface area contributed by atoms with Gasteiger partial charge in [0.15, 0.2) is 23.8 Å². The van der Waals surface area contributed by atoms with Gasteiger partial charge in [0.1, 0.15) is 24.1 Å². The number of fused-ring (bicyclic) bond motifs is 2. The first-order valence-electron chi connectivity index (χ1n) is 11.4. The first-order valence-corrected chi connectivity index (χ1v) is 12.9.